The van der Waals surface area contributed by atoms with Crippen molar-refractivity contribution in [3.8, 4) is 0 Å². The van der Waals surface area contributed by atoms with E-state index in [9.17, 15) is 0 Å². The Morgan fingerprint density at radius 2 is 2.12 bits per heavy atom. The summed E-state index contributed by atoms with van der Waals surface area (Å²) < 4.78 is 2.08. The molecule has 0 atom stereocenters. The van der Waals surface area contributed by atoms with Gasteiger partial charge in [0.15, 0.2) is 0 Å². The minimum absolute atomic E-state index is 0.473. The van der Waals surface area contributed by atoms with Crippen molar-refractivity contribution >= 4 is 11.1 Å². The zero-order chi connectivity index (χ0) is 12.6. The maximum absolute atomic E-state index is 4.67. The molecule has 2 aromatic heterocycles. The molecule has 0 N–H and O–H groups in total. The lowest BCUT2D eigenvalue weighted by molar-refractivity contribution is 0.746. The van der Waals surface area contributed by atoms with E-state index >= 15 is 0 Å². The largest absolute Gasteiger partial charge is 0.237 e. The first kappa shape index (κ1) is 11.9. The van der Waals surface area contributed by atoms with Gasteiger partial charge in [0.1, 0.15) is 0 Å². The molecular weight excluding hydrogens is 208 g/mol. The molecule has 0 aromatic carbocycles. The first-order chi connectivity index (χ1) is 8.04. The van der Waals surface area contributed by atoms with E-state index < -0.39 is 0 Å². The lowest BCUT2D eigenvalue weighted by Crippen LogP contribution is -2.02. The molecule has 17 heavy (non-hydrogen) atoms. The van der Waals surface area contributed by atoms with Crippen LogP contribution in [0.5, 0.6) is 0 Å². The van der Waals surface area contributed by atoms with E-state index in [4.69, 9.17) is 0 Å². The summed E-state index contributed by atoms with van der Waals surface area (Å²) in [5.74, 6) is 0.473. The third-order valence-corrected chi connectivity index (χ3v) is 3.11. The maximum Gasteiger partial charge on any atom is 0.0742 e. The summed E-state index contributed by atoms with van der Waals surface area (Å²) in [6.07, 6.45) is 0.967. The Kier molecular flexibility index (Phi) is 3.05. The summed E-state index contributed by atoms with van der Waals surface area (Å²) in [6.45, 7) is 12.6. The normalized spacial score (nSPS) is 11.4. The summed E-state index contributed by atoms with van der Waals surface area (Å²) in [5.41, 5.74) is 5.86. The zero-order valence-corrected chi connectivity index (χ0v) is 11.1. The Morgan fingerprint density at radius 1 is 1.41 bits per heavy atom. The fourth-order valence-electron chi connectivity index (χ4n) is 2.11. The van der Waals surface area contributed by atoms with Gasteiger partial charge >= 0.3 is 0 Å². The van der Waals surface area contributed by atoms with E-state index in [0.717, 1.165) is 17.7 Å². The molecule has 0 saturated carbocycles. The van der Waals surface area contributed by atoms with Gasteiger partial charge < -0.3 is 0 Å². The van der Waals surface area contributed by atoms with Crippen molar-refractivity contribution in [1.29, 1.82) is 0 Å². The second-order valence-corrected chi connectivity index (χ2v) is 4.89. The van der Waals surface area contributed by atoms with Gasteiger partial charge in [-0.1, -0.05) is 33.4 Å². The smallest absolute Gasteiger partial charge is 0.0742 e. The van der Waals surface area contributed by atoms with Crippen molar-refractivity contribution in [3.05, 3.63) is 41.7 Å². The van der Waals surface area contributed by atoms with Crippen LogP contribution in [0.3, 0.4) is 0 Å². The highest BCUT2D eigenvalue weighted by Crippen LogP contribution is 2.24. The Bertz CT molecular complexity index is 562. The number of allylic oxidation sites excluding steroid dienone is 1. The van der Waals surface area contributed by atoms with Gasteiger partial charge in [-0.25, -0.2) is 4.52 Å². The van der Waals surface area contributed by atoms with E-state index in [0.29, 0.717) is 5.92 Å². The van der Waals surface area contributed by atoms with Crippen molar-refractivity contribution in [2.75, 3.05) is 0 Å². The molecule has 0 aliphatic heterocycles. The molecule has 0 bridgehead atoms. The first-order valence-corrected chi connectivity index (χ1v) is 6.22. The molecule has 0 fully saturated rings. The average Bonchev–Trinajstić information content (AvgIpc) is 2.70. The Balaban J connectivity index is 2.78. The van der Waals surface area contributed by atoms with Gasteiger partial charge in [0.05, 0.1) is 11.2 Å². The standard InChI is InChI=1S/C15H20N2/c1-6-12-9-15-13(10(2)3)7-8-14(11(4)5)17(15)16-12/h7-9,11H,2,6H2,1,3-5H3. The molecule has 0 radical (unpaired) electrons. The van der Waals surface area contributed by atoms with Crippen LogP contribution in [-0.2, 0) is 6.42 Å². The SMILES string of the molecule is C=C(C)c1ccc(C(C)C)n2nc(CC)cc12. The number of aryl methyl sites for hydroxylation is 1. The third kappa shape index (κ3) is 1.99. The molecule has 90 valence electrons. The lowest BCUT2D eigenvalue weighted by atomic mass is 10.0. The van der Waals surface area contributed by atoms with Gasteiger partial charge in [-0.15, -0.1) is 0 Å². The van der Waals surface area contributed by atoms with Crippen LogP contribution in [0.4, 0.5) is 0 Å². The predicted molar refractivity (Wildman–Crippen MR) is 73.4 cm³/mol. The quantitative estimate of drug-likeness (QED) is 0.774. The van der Waals surface area contributed by atoms with E-state index in [1.807, 2.05) is 6.92 Å². The van der Waals surface area contributed by atoms with E-state index in [1.54, 1.807) is 0 Å². The first-order valence-electron chi connectivity index (χ1n) is 6.22. The van der Waals surface area contributed by atoms with Crippen molar-refractivity contribution < 1.29 is 0 Å². The molecule has 2 rings (SSSR count). The summed E-state index contributed by atoms with van der Waals surface area (Å²) in [7, 11) is 0. The number of fused-ring (bicyclic) bond motifs is 1. The van der Waals surface area contributed by atoms with Crippen molar-refractivity contribution in [3.63, 3.8) is 0 Å². The second kappa shape index (κ2) is 4.36. The van der Waals surface area contributed by atoms with Gasteiger partial charge in [0, 0.05) is 11.3 Å². The average molecular weight is 228 g/mol. The van der Waals surface area contributed by atoms with Crippen molar-refractivity contribution in [2.45, 2.75) is 40.0 Å². The highest BCUT2D eigenvalue weighted by molar-refractivity contribution is 5.76. The summed E-state index contributed by atoms with van der Waals surface area (Å²) in [5, 5.41) is 4.67. The highest BCUT2D eigenvalue weighted by atomic mass is 15.2. The summed E-state index contributed by atoms with van der Waals surface area (Å²) in [6, 6.07) is 6.50. The lowest BCUT2D eigenvalue weighted by Gasteiger charge is -2.11. The molecule has 2 aromatic rings. The summed E-state index contributed by atoms with van der Waals surface area (Å²) >= 11 is 0. The van der Waals surface area contributed by atoms with Crippen molar-refractivity contribution in [1.82, 2.24) is 9.61 Å². The molecule has 0 saturated heterocycles. The van der Waals surface area contributed by atoms with Gasteiger partial charge in [-0.05, 0) is 37.0 Å². The van der Waals surface area contributed by atoms with Crippen LogP contribution in [0, 0.1) is 0 Å². The topological polar surface area (TPSA) is 17.3 Å². The van der Waals surface area contributed by atoms with E-state index in [1.165, 1.54) is 16.8 Å². The second-order valence-electron chi connectivity index (χ2n) is 4.89. The maximum atomic E-state index is 4.67. The van der Waals surface area contributed by atoms with E-state index in [2.05, 4.69) is 55.2 Å². The number of aromatic nitrogens is 2. The van der Waals surface area contributed by atoms with Crippen LogP contribution in [0.15, 0.2) is 24.8 Å². The molecule has 2 nitrogen and oxygen atoms in total. The van der Waals surface area contributed by atoms with E-state index in [-0.39, 0.29) is 0 Å². The highest BCUT2D eigenvalue weighted by Gasteiger charge is 2.11. The number of rotatable bonds is 3. The molecular formula is C15H20N2. The Labute approximate surface area is 103 Å². The molecule has 2 heterocycles. The zero-order valence-electron chi connectivity index (χ0n) is 11.1. The molecule has 2 heteroatoms. The molecule has 0 amide bonds. The van der Waals surface area contributed by atoms with Gasteiger partial charge in [-0.3, -0.25) is 0 Å². The monoisotopic (exact) mass is 228 g/mol. The molecule has 0 aliphatic rings. The Morgan fingerprint density at radius 3 is 2.65 bits per heavy atom. The minimum atomic E-state index is 0.473. The molecule has 0 spiro atoms. The number of pyridine rings is 1. The fraction of sp³-hybridized carbons (Fsp3) is 0.400. The van der Waals surface area contributed by atoms with Crippen LogP contribution in [0.2, 0.25) is 0 Å². The number of hydrogen-bond acceptors (Lipinski definition) is 1. The van der Waals surface area contributed by atoms with Crippen LogP contribution in [0.1, 0.15) is 50.6 Å². The van der Waals surface area contributed by atoms with Crippen LogP contribution in [0.25, 0.3) is 11.1 Å². The number of nitrogens with zero attached hydrogens (tertiary/aromatic N) is 2. The Hall–Kier alpha value is -1.57. The van der Waals surface area contributed by atoms with Crippen LogP contribution < -0.4 is 0 Å². The van der Waals surface area contributed by atoms with Crippen LogP contribution >= 0.6 is 0 Å². The number of hydrogen-bond donors (Lipinski definition) is 0. The van der Waals surface area contributed by atoms with Crippen LogP contribution in [-0.4, -0.2) is 9.61 Å². The van der Waals surface area contributed by atoms with Crippen molar-refractivity contribution in [2.24, 2.45) is 0 Å². The fourth-order valence-corrected chi connectivity index (χ4v) is 2.11. The molecule has 0 unspecified atom stereocenters. The third-order valence-electron chi connectivity index (χ3n) is 3.11. The molecule has 0 aliphatic carbocycles. The van der Waals surface area contributed by atoms with Gasteiger partial charge in [0.2, 0.25) is 0 Å². The predicted octanol–water partition coefficient (Wildman–Crippen LogP) is 4.05. The minimum Gasteiger partial charge on any atom is -0.237 e. The summed E-state index contributed by atoms with van der Waals surface area (Å²) in [4.78, 5) is 0. The van der Waals surface area contributed by atoms with Gasteiger partial charge in [-0.2, -0.15) is 5.10 Å². The van der Waals surface area contributed by atoms with Gasteiger partial charge in [0.25, 0.3) is 0 Å².